The highest BCUT2D eigenvalue weighted by atomic mass is 35.5. The number of rotatable bonds is 5. The van der Waals surface area contributed by atoms with Crippen LogP contribution in [0.4, 0.5) is 11.4 Å². The summed E-state index contributed by atoms with van der Waals surface area (Å²) in [4.78, 5) is 6.71. The molecule has 174 valence electrons. The minimum Gasteiger partial charge on any atom is -0.495 e. The first-order valence-electron chi connectivity index (χ1n) is 10.5. The third kappa shape index (κ3) is 5.14. The smallest absolute Gasteiger partial charge is 0.139 e. The van der Waals surface area contributed by atoms with Crippen molar-refractivity contribution in [2.24, 2.45) is 0 Å². The number of anilines is 2. The fourth-order valence-corrected chi connectivity index (χ4v) is 4.13. The minimum atomic E-state index is 0.352. The molecule has 0 unspecified atom stereocenters. The summed E-state index contributed by atoms with van der Waals surface area (Å²) in [6.45, 7) is 3.84. The van der Waals surface area contributed by atoms with Crippen LogP contribution in [-0.2, 0) is 4.74 Å². The number of nitriles is 1. The van der Waals surface area contributed by atoms with Gasteiger partial charge in [0.25, 0.3) is 0 Å². The van der Waals surface area contributed by atoms with E-state index in [0.29, 0.717) is 55.9 Å². The second kappa shape index (κ2) is 10.8. The molecule has 1 aliphatic rings. The van der Waals surface area contributed by atoms with Crippen molar-refractivity contribution < 1.29 is 14.2 Å². The third-order valence-electron chi connectivity index (χ3n) is 5.44. The summed E-state index contributed by atoms with van der Waals surface area (Å²) in [5.74, 6) is 7.45. The van der Waals surface area contributed by atoms with E-state index in [1.807, 2.05) is 12.1 Å². The second-order valence-corrected chi connectivity index (χ2v) is 8.32. The van der Waals surface area contributed by atoms with Crippen LogP contribution in [0, 0.1) is 23.2 Å². The molecular weight excluding hydrogens is 475 g/mol. The van der Waals surface area contributed by atoms with Crippen LogP contribution >= 0.6 is 23.2 Å². The lowest BCUT2D eigenvalue weighted by atomic mass is 10.1. The van der Waals surface area contributed by atoms with Crippen LogP contribution in [0.5, 0.6) is 11.5 Å². The summed E-state index contributed by atoms with van der Waals surface area (Å²) in [5, 5.41) is 14.4. The van der Waals surface area contributed by atoms with E-state index in [-0.39, 0.29) is 0 Å². The number of aromatic nitrogens is 1. The normalized spacial score (nSPS) is 13.6. The molecule has 3 aromatic rings. The number of benzene rings is 2. The summed E-state index contributed by atoms with van der Waals surface area (Å²) < 4.78 is 16.3. The zero-order valence-electron chi connectivity index (χ0n) is 18.7. The summed E-state index contributed by atoms with van der Waals surface area (Å²) in [7, 11) is 3.11. The Morgan fingerprint density at radius 1 is 1.06 bits per heavy atom. The van der Waals surface area contributed by atoms with E-state index in [4.69, 9.17) is 37.4 Å². The quantitative estimate of drug-likeness (QED) is 0.505. The van der Waals surface area contributed by atoms with Crippen molar-refractivity contribution in [1.82, 2.24) is 9.88 Å². The van der Waals surface area contributed by atoms with Gasteiger partial charge in [-0.2, -0.15) is 5.26 Å². The van der Waals surface area contributed by atoms with Crippen LogP contribution in [0.25, 0.3) is 10.9 Å². The first-order chi connectivity index (χ1) is 16.5. The maximum absolute atomic E-state index is 9.72. The van der Waals surface area contributed by atoms with Gasteiger partial charge in [-0.1, -0.05) is 35.0 Å². The molecule has 0 aliphatic carbocycles. The molecule has 0 radical (unpaired) electrons. The Labute approximate surface area is 208 Å². The van der Waals surface area contributed by atoms with Crippen molar-refractivity contribution in [3.05, 3.63) is 51.6 Å². The van der Waals surface area contributed by atoms with Gasteiger partial charge in [0, 0.05) is 30.7 Å². The van der Waals surface area contributed by atoms with Crippen molar-refractivity contribution in [2.75, 3.05) is 52.4 Å². The van der Waals surface area contributed by atoms with E-state index < -0.39 is 0 Å². The number of hydrogen-bond acceptors (Lipinski definition) is 7. The lowest BCUT2D eigenvalue weighted by Crippen LogP contribution is -2.36. The van der Waals surface area contributed by atoms with Crippen molar-refractivity contribution in [1.29, 1.82) is 5.26 Å². The van der Waals surface area contributed by atoms with Crippen molar-refractivity contribution in [2.45, 2.75) is 0 Å². The monoisotopic (exact) mass is 496 g/mol. The molecule has 0 amide bonds. The fourth-order valence-electron chi connectivity index (χ4n) is 3.63. The number of fused-ring (bicyclic) bond motifs is 1. The molecule has 0 saturated carbocycles. The van der Waals surface area contributed by atoms with Gasteiger partial charge >= 0.3 is 0 Å². The van der Waals surface area contributed by atoms with Gasteiger partial charge in [0.05, 0.1) is 72.0 Å². The molecular formula is C25H22Cl2N4O3. The fraction of sp³-hybridized carbons (Fsp3) is 0.280. The van der Waals surface area contributed by atoms with Crippen LogP contribution in [0.2, 0.25) is 10.0 Å². The molecule has 1 aromatic heterocycles. The lowest BCUT2D eigenvalue weighted by Gasteiger charge is -2.24. The van der Waals surface area contributed by atoms with Gasteiger partial charge in [0.1, 0.15) is 17.6 Å². The summed E-state index contributed by atoms with van der Waals surface area (Å²) in [5.41, 5.74) is 2.82. The minimum absolute atomic E-state index is 0.352. The van der Waals surface area contributed by atoms with Gasteiger partial charge in [-0.05, 0) is 18.2 Å². The zero-order valence-corrected chi connectivity index (χ0v) is 20.3. The molecule has 2 aromatic carbocycles. The number of halogens is 2. The molecule has 4 rings (SSSR count). The first-order valence-corrected chi connectivity index (χ1v) is 11.3. The highest BCUT2D eigenvalue weighted by molar-refractivity contribution is 6.37. The maximum Gasteiger partial charge on any atom is 0.139 e. The Bertz CT molecular complexity index is 1320. The maximum atomic E-state index is 9.72. The molecule has 0 atom stereocenters. The van der Waals surface area contributed by atoms with Crippen LogP contribution in [0.15, 0.2) is 30.5 Å². The molecule has 1 saturated heterocycles. The molecule has 2 heterocycles. The molecule has 34 heavy (non-hydrogen) atoms. The van der Waals surface area contributed by atoms with Crippen molar-refractivity contribution in [3.8, 4) is 29.4 Å². The SMILES string of the molecule is COc1cc(Nc2c(C#N)cnc3cc(C#CCN4CCOCC4)c(OC)cc23)c(Cl)cc1Cl. The number of methoxy groups -OCH3 is 2. The molecule has 9 heteroatoms. The van der Waals surface area contributed by atoms with Crippen molar-refractivity contribution >= 4 is 45.5 Å². The van der Waals surface area contributed by atoms with E-state index >= 15 is 0 Å². The standard InChI is InChI=1S/C25H22Cl2N4O3/c1-32-23-11-18-21(10-16(23)4-3-5-31-6-8-34-9-7-31)29-15-17(14-28)25(18)30-22-13-24(33-2)20(27)12-19(22)26/h10-13,15H,5-9H2,1-2H3,(H,29,30). The predicted molar refractivity (Wildman–Crippen MR) is 133 cm³/mol. The van der Waals surface area contributed by atoms with Gasteiger partial charge in [0.15, 0.2) is 0 Å². The number of morpholine rings is 1. The zero-order chi connectivity index (χ0) is 24.1. The summed E-state index contributed by atoms with van der Waals surface area (Å²) in [6.07, 6.45) is 1.52. The van der Waals surface area contributed by atoms with Crippen LogP contribution in [0.1, 0.15) is 11.1 Å². The van der Waals surface area contributed by atoms with E-state index in [1.165, 1.54) is 13.3 Å². The van der Waals surface area contributed by atoms with Crippen LogP contribution in [0.3, 0.4) is 0 Å². The van der Waals surface area contributed by atoms with E-state index in [2.05, 4.69) is 33.1 Å². The Morgan fingerprint density at radius 3 is 2.53 bits per heavy atom. The number of pyridine rings is 1. The molecule has 1 N–H and O–H groups in total. The highest BCUT2D eigenvalue weighted by Crippen LogP contribution is 2.38. The molecule has 1 aliphatic heterocycles. The molecule has 0 bridgehead atoms. The average molecular weight is 497 g/mol. The Hall–Kier alpha value is -3.20. The average Bonchev–Trinajstić information content (AvgIpc) is 2.86. The second-order valence-electron chi connectivity index (χ2n) is 7.51. The van der Waals surface area contributed by atoms with Gasteiger partial charge in [0.2, 0.25) is 0 Å². The Kier molecular flexibility index (Phi) is 7.62. The number of hydrogen-bond donors (Lipinski definition) is 1. The van der Waals surface area contributed by atoms with Crippen LogP contribution < -0.4 is 14.8 Å². The van der Waals surface area contributed by atoms with E-state index in [0.717, 1.165) is 31.9 Å². The summed E-state index contributed by atoms with van der Waals surface area (Å²) in [6, 6.07) is 9.13. The Morgan fingerprint density at radius 2 is 1.82 bits per heavy atom. The molecule has 7 nitrogen and oxygen atoms in total. The first kappa shape index (κ1) is 23.9. The predicted octanol–water partition coefficient (Wildman–Crippen LogP) is 4.86. The van der Waals surface area contributed by atoms with Gasteiger partial charge in [-0.3, -0.25) is 9.88 Å². The number of nitrogens with zero attached hydrogens (tertiary/aromatic N) is 3. The topological polar surface area (TPSA) is 79.6 Å². The Balaban J connectivity index is 1.74. The van der Waals surface area contributed by atoms with E-state index in [9.17, 15) is 5.26 Å². The molecule has 1 fully saturated rings. The number of nitrogens with one attached hydrogen (secondary N) is 1. The van der Waals surface area contributed by atoms with Crippen molar-refractivity contribution in [3.63, 3.8) is 0 Å². The van der Waals surface area contributed by atoms with Gasteiger partial charge < -0.3 is 19.5 Å². The highest BCUT2D eigenvalue weighted by Gasteiger charge is 2.16. The summed E-state index contributed by atoms with van der Waals surface area (Å²) >= 11 is 12.6. The van der Waals surface area contributed by atoms with E-state index in [1.54, 1.807) is 19.2 Å². The lowest BCUT2D eigenvalue weighted by molar-refractivity contribution is 0.0443. The largest absolute Gasteiger partial charge is 0.495 e. The van der Waals surface area contributed by atoms with Gasteiger partial charge in [-0.15, -0.1) is 0 Å². The van der Waals surface area contributed by atoms with Crippen LogP contribution in [-0.4, -0.2) is 57.0 Å². The van der Waals surface area contributed by atoms with Gasteiger partial charge in [-0.25, -0.2) is 0 Å². The number of ether oxygens (including phenoxy) is 3. The third-order valence-corrected chi connectivity index (χ3v) is 6.05. The molecule has 0 spiro atoms.